The van der Waals surface area contributed by atoms with Crippen LogP contribution in [0.3, 0.4) is 0 Å². The number of aromatic amines is 1. The van der Waals surface area contributed by atoms with Crippen LogP contribution >= 0.6 is 0 Å². The van der Waals surface area contributed by atoms with E-state index in [0.29, 0.717) is 35.7 Å². The Morgan fingerprint density at radius 3 is 2.80 bits per heavy atom. The number of H-pyrrole nitrogens is 1. The highest BCUT2D eigenvalue weighted by atomic mass is 16.7. The van der Waals surface area contributed by atoms with Crippen LogP contribution in [0, 0.1) is 6.92 Å². The number of esters is 1. The molecule has 0 radical (unpaired) electrons. The Kier molecular flexibility index (Phi) is 5.94. The van der Waals surface area contributed by atoms with Crippen LogP contribution in [0.15, 0.2) is 59.5 Å². The monoisotopic (exact) mass is 474 g/mol. The number of hydrogen-bond donors (Lipinski definition) is 2. The lowest BCUT2D eigenvalue weighted by atomic mass is 9.88. The molecule has 0 aliphatic carbocycles. The van der Waals surface area contributed by atoms with E-state index in [9.17, 15) is 14.7 Å². The summed E-state index contributed by atoms with van der Waals surface area (Å²) in [5.41, 5.74) is 3.24. The molecule has 0 spiro atoms. The first kappa shape index (κ1) is 22.6. The molecule has 0 bridgehead atoms. The fourth-order valence-corrected chi connectivity index (χ4v) is 4.71. The van der Waals surface area contributed by atoms with Gasteiger partial charge in [-0.1, -0.05) is 24.3 Å². The Morgan fingerprint density at radius 1 is 1.17 bits per heavy atom. The smallest absolute Gasteiger partial charge is 0.306 e. The number of carbonyl (C=O) groups is 1. The Bertz CT molecular complexity index is 1470. The van der Waals surface area contributed by atoms with Gasteiger partial charge in [-0.2, -0.15) is 0 Å². The third-order valence-electron chi connectivity index (χ3n) is 6.55. The van der Waals surface area contributed by atoms with Crippen molar-refractivity contribution in [1.82, 2.24) is 9.55 Å². The molecule has 2 N–H and O–H groups in total. The molecular formula is C27H26N2O6. The first-order valence-electron chi connectivity index (χ1n) is 11.4. The molecule has 1 atom stereocenters. The number of fused-ring (bicyclic) bond motifs is 2. The van der Waals surface area contributed by atoms with Gasteiger partial charge in [0.1, 0.15) is 5.75 Å². The van der Waals surface area contributed by atoms with E-state index in [1.807, 2.05) is 30.5 Å². The van der Waals surface area contributed by atoms with Crippen LogP contribution in [0.4, 0.5) is 0 Å². The number of methoxy groups -OCH3 is 1. The average molecular weight is 475 g/mol. The van der Waals surface area contributed by atoms with Crippen molar-refractivity contribution in [3.8, 4) is 17.2 Å². The van der Waals surface area contributed by atoms with E-state index < -0.39 is 11.9 Å². The molecule has 35 heavy (non-hydrogen) atoms. The van der Waals surface area contributed by atoms with Gasteiger partial charge < -0.3 is 28.9 Å². The number of benzene rings is 2. The Labute approximate surface area is 201 Å². The third kappa shape index (κ3) is 4.23. The molecule has 2 aromatic heterocycles. The molecular weight excluding hydrogens is 448 g/mol. The van der Waals surface area contributed by atoms with Crippen LogP contribution in [0.5, 0.6) is 17.2 Å². The van der Waals surface area contributed by atoms with Gasteiger partial charge in [-0.15, -0.1) is 0 Å². The lowest BCUT2D eigenvalue weighted by Gasteiger charge is -2.21. The zero-order chi connectivity index (χ0) is 24.5. The summed E-state index contributed by atoms with van der Waals surface area (Å²) >= 11 is 0. The highest BCUT2D eigenvalue weighted by molar-refractivity contribution is 5.83. The third-order valence-corrected chi connectivity index (χ3v) is 6.55. The molecule has 2 aromatic carbocycles. The highest BCUT2D eigenvalue weighted by Gasteiger charge is 2.28. The quantitative estimate of drug-likeness (QED) is 0.393. The molecule has 1 aliphatic rings. The number of hydrogen-bond acceptors (Lipinski definition) is 6. The zero-order valence-corrected chi connectivity index (χ0v) is 19.5. The number of rotatable bonds is 7. The Morgan fingerprint density at radius 2 is 1.97 bits per heavy atom. The van der Waals surface area contributed by atoms with Gasteiger partial charge in [-0.3, -0.25) is 9.59 Å². The van der Waals surface area contributed by atoms with Crippen LogP contribution < -0.4 is 15.0 Å². The van der Waals surface area contributed by atoms with Crippen molar-refractivity contribution in [2.75, 3.05) is 13.9 Å². The van der Waals surface area contributed by atoms with Crippen molar-refractivity contribution in [3.05, 3.63) is 87.5 Å². The van der Waals surface area contributed by atoms with E-state index in [0.717, 1.165) is 16.5 Å². The van der Waals surface area contributed by atoms with E-state index in [1.165, 1.54) is 7.11 Å². The summed E-state index contributed by atoms with van der Waals surface area (Å²) in [5.74, 6) is -0.234. The summed E-state index contributed by atoms with van der Waals surface area (Å²) in [6.45, 7) is 2.32. The molecule has 4 aromatic rings. The molecule has 8 nitrogen and oxygen atoms in total. The lowest BCUT2D eigenvalue weighted by molar-refractivity contribution is -0.140. The van der Waals surface area contributed by atoms with Gasteiger partial charge in [0, 0.05) is 35.3 Å². The number of nitrogens with zero attached hydrogens (tertiary/aromatic N) is 1. The van der Waals surface area contributed by atoms with Crippen LogP contribution in [-0.4, -0.2) is 34.5 Å². The minimum Gasteiger partial charge on any atom is -0.507 e. The minimum absolute atomic E-state index is 0.107. The van der Waals surface area contributed by atoms with Gasteiger partial charge >= 0.3 is 5.97 Å². The van der Waals surface area contributed by atoms with Gasteiger partial charge in [0.15, 0.2) is 11.5 Å². The summed E-state index contributed by atoms with van der Waals surface area (Å²) in [5, 5.41) is 12.0. The average Bonchev–Trinajstić information content (AvgIpc) is 3.49. The molecule has 180 valence electrons. The van der Waals surface area contributed by atoms with Crippen molar-refractivity contribution in [1.29, 1.82) is 0 Å². The maximum absolute atomic E-state index is 13.7. The van der Waals surface area contributed by atoms with Crippen LogP contribution in [0.1, 0.15) is 34.7 Å². The molecule has 8 heteroatoms. The molecule has 0 saturated heterocycles. The second-order valence-electron chi connectivity index (χ2n) is 8.60. The number of aryl methyl sites for hydroxylation is 2. The number of pyridine rings is 1. The van der Waals surface area contributed by atoms with Gasteiger partial charge in [0.2, 0.25) is 6.79 Å². The van der Waals surface area contributed by atoms with Crippen molar-refractivity contribution < 1.29 is 24.1 Å². The SMILES string of the molecule is COC(=O)C[C@@H](c1ccc2c(c1)OCO2)c1c(O)cc(C)n(CCc2c[nH]c3ccccc23)c1=O. The fourth-order valence-electron chi connectivity index (χ4n) is 4.71. The largest absolute Gasteiger partial charge is 0.507 e. The minimum atomic E-state index is -0.718. The van der Waals surface area contributed by atoms with Crippen LogP contribution in [-0.2, 0) is 22.5 Å². The number of ether oxygens (including phenoxy) is 3. The summed E-state index contributed by atoms with van der Waals surface area (Å²) in [4.78, 5) is 29.3. The maximum Gasteiger partial charge on any atom is 0.306 e. The van der Waals surface area contributed by atoms with E-state index in [2.05, 4.69) is 4.98 Å². The summed E-state index contributed by atoms with van der Waals surface area (Å²) in [7, 11) is 1.30. The fraction of sp³-hybridized carbons (Fsp3) is 0.259. The van der Waals surface area contributed by atoms with E-state index in [1.54, 1.807) is 35.8 Å². The summed E-state index contributed by atoms with van der Waals surface area (Å²) in [6.07, 6.45) is 2.48. The summed E-state index contributed by atoms with van der Waals surface area (Å²) < 4.78 is 17.4. The second kappa shape index (κ2) is 9.21. The van der Waals surface area contributed by atoms with Gasteiger partial charge in [-0.05, 0) is 48.7 Å². The number of aromatic nitrogens is 2. The molecule has 1 aliphatic heterocycles. The molecule has 0 unspecified atom stereocenters. The Hall–Kier alpha value is -4.20. The summed E-state index contributed by atoms with van der Waals surface area (Å²) in [6, 6.07) is 14.8. The molecule has 5 rings (SSSR count). The second-order valence-corrected chi connectivity index (χ2v) is 8.60. The first-order chi connectivity index (χ1) is 17.0. The van der Waals surface area contributed by atoms with Crippen LogP contribution in [0.2, 0.25) is 0 Å². The maximum atomic E-state index is 13.7. The zero-order valence-electron chi connectivity index (χ0n) is 19.5. The van der Waals surface area contributed by atoms with Crippen molar-refractivity contribution >= 4 is 16.9 Å². The lowest BCUT2D eigenvalue weighted by Crippen LogP contribution is -2.29. The van der Waals surface area contributed by atoms with Gasteiger partial charge in [0.25, 0.3) is 5.56 Å². The number of aromatic hydroxyl groups is 1. The van der Waals surface area contributed by atoms with Crippen molar-refractivity contribution in [3.63, 3.8) is 0 Å². The van der Waals surface area contributed by atoms with Gasteiger partial charge in [-0.25, -0.2) is 0 Å². The topological polar surface area (TPSA) is 103 Å². The number of carbonyl (C=O) groups excluding carboxylic acids is 1. The normalized spacial score (nSPS) is 13.2. The molecule has 3 heterocycles. The van der Waals surface area contributed by atoms with E-state index >= 15 is 0 Å². The van der Waals surface area contributed by atoms with Crippen molar-refractivity contribution in [2.45, 2.75) is 32.2 Å². The number of para-hydroxylation sites is 1. The van der Waals surface area contributed by atoms with Crippen molar-refractivity contribution in [2.24, 2.45) is 0 Å². The first-order valence-corrected chi connectivity index (χ1v) is 11.4. The van der Waals surface area contributed by atoms with Gasteiger partial charge in [0.05, 0.1) is 19.1 Å². The predicted molar refractivity (Wildman–Crippen MR) is 130 cm³/mol. The predicted octanol–water partition coefficient (Wildman–Crippen LogP) is 4.01. The Balaban J connectivity index is 1.54. The van der Waals surface area contributed by atoms with E-state index in [-0.39, 0.29) is 30.1 Å². The molecule has 0 fully saturated rings. The number of nitrogens with one attached hydrogen (secondary N) is 1. The molecule has 0 saturated carbocycles. The highest BCUT2D eigenvalue weighted by Crippen LogP contribution is 2.39. The van der Waals surface area contributed by atoms with E-state index in [4.69, 9.17) is 14.2 Å². The standard InChI is InChI=1S/C27H26N2O6/c1-16-11-22(30)26(20(13-25(31)33-2)17-7-8-23-24(12-17)35-15-34-23)27(32)29(16)10-9-18-14-28-21-6-4-3-5-19(18)21/h3-8,11-12,14,20,28,30H,9-10,13,15H2,1-2H3/t20-/m0/s1. The van der Waals surface area contributed by atoms with Crippen LogP contribution in [0.25, 0.3) is 10.9 Å². The molecule has 0 amide bonds.